The maximum Gasteiger partial charge on any atom is 0.253 e. The van der Waals surface area contributed by atoms with E-state index in [0.29, 0.717) is 36.5 Å². The summed E-state index contributed by atoms with van der Waals surface area (Å²) in [6.45, 7) is 3.08. The average Bonchev–Trinajstić information content (AvgIpc) is 2.81. The van der Waals surface area contributed by atoms with Crippen LogP contribution in [0.15, 0.2) is 72.8 Å². The van der Waals surface area contributed by atoms with Crippen molar-refractivity contribution in [3.05, 3.63) is 88.9 Å². The highest BCUT2D eigenvalue weighted by atomic mass is 35.5. The number of amides is 2. The third-order valence-electron chi connectivity index (χ3n) is 5.84. The smallest absolute Gasteiger partial charge is 0.253 e. The molecule has 31 heavy (non-hydrogen) atoms. The second-order valence-electron chi connectivity index (χ2n) is 7.96. The Hall–Kier alpha value is -3.11. The molecule has 0 unspecified atom stereocenters. The minimum Gasteiger partial charge on any atom is -0.339 e. The van der Waals surface area contributed by atoms with Gasteiger partial charge in [0.2, 0.25) is 5.91 Å². The van der Waals surface area contributed by atoms with Crippen molar-refractivity contribution in [1.82, 2.24) is 4.90 Å². The molecule has 0 atom stereocenters. The van der Waals surface area contributed by atoms with Gasteiger partial charge in [0.05, 0.1) is 0 Å². The third kappa shape index (κ3) is 4.97. The maximum atomic E-state index is 12.9. The molecule has 0 spiro atoms. The number of carbonyl (C=O) groups excluding carboxylic acids is 2. The Bertz CT molecular complexity index is 1070. The molecule has 1 N–H and O–H groups in total. The lowest BCUT2D eigenvalue weighted by Gasteiger charge is -2.31. The molecule has 3 aromatic rings. The number of aryl methyl sites for hydroxylation is 1. The van der Waals surface area contributed by atoms with Crippen molar-refractivity contribution in [3.8, 4) is 11.1 Å². The Labute approximate surface area is 187 Å². The van der Waals surface area contributed by atoms with Crippen LogP contribution in [-0.4, -0.2) is 29.8 Å². The number of carbonyl (C=O) groups is 2. The fourth-order valence-electron chi connectivity index (χ4n) is 3.97. The van der Waals surface area contributed by atoms with Gasteiger partial charge in [0.15, 0.2) is 0 Å². The highest BCUT2D eigenvalue weighted by molar-refractivity contribution is 6.30. The highest BCUT2D eigenvalue weighted by Gasteiger charge is 2.28. The predicted molar refractivity (Wildman–Crippen MR) is 125 cm³/mol. The Morgan fingerprint density at radius 1 is 0.903 bits per heavy atom. The molecule has 3 aromatic carbocycles. The topological polar surface area (TPSA) is 49.4 Å². The quantitative estimate of drug-likeness (QED) is 0.565. The number of likely N-dealkylation sites (tertiary alicyclic amines) is 1. The summed E-state index contributed by atoms with van der Waals surface area (Å²) in [7, 11) is 0. The predicted octanol–water partition coefficient (Wildman–Crippen LogP) is 5.81. The molecular weight excluding hydrogens is 408 g/mol. The van der Waals surface area contributed by atoms with Crippen molar-refractivity contribution in [2.24, 2.45) is 5.92 Å². The summed E-state index contributed by atoms with van der Waals surface area (Å²) in [6, 6.07) is 23.3. The van der Waals surface area contributed by atoms with E-state index in [1.165, 1.54) is 0 Å². The fraction of sp³-hybridized carbons (Fsp3) is 0.231. The zero-order valence-corrected chi connectivity index (χ0v) is 18.2. The first-order valence-corrected chi connectivity index (χ1v) is 10.9. The van der Waals surface area contributed by atoms with Crippen LogP contribution in [0.4, 0.5) is 5.69 Å². The lowest BCUT2D eigenvalue weighted by molar-refractivity contribution is -0.121. The first kappa shape index (κ1) is 21.1. The average molecular weight is 433 g/mol. The molecule has 1 heterocycles. The van der Waals surface area contributed by atoms with E-state index in [-0.39, 0.29) is 17.7 Å². The number of halogens is 1. The van der Waals surface area contributed by atoms with Gasteiger partial charge in [-0.05, 0) is 66.8 Å². The molecular formula is C26H25ClN2O2. The van der Waals surface area contributed by atoms with Crippen LogP contribution in [0.2, 0.25) is 5.02 Å². The standard InChI is InChI=1S/C26H25ClN2O2/c1-18-17-23(27)11-12-24(18)28-25(30)21-13-15-29(16-14-21)26(31)22-9-7-20(8-10-22)19-5-3-2-4-6-19/h2-12,17,21H,13-16H2,1H3,(H,28,30). The van der Waals surface area contributed by atoms with Crippen molar-refractivity contribution in [2.45, 2.75) is 19.8 Å². The van der Waals surface area contributed by atoms with Crippen molar-refractivity contribution < 1.29 is 9.59 Å². The van der Waals surface area contributed by atoms with E-state index in [1.54, 1.807) is 6.07 Å². The van der Waals surface area contributed by atoms with E-state index in [4.69, 9.17) is 11.6 Å². The largest absolute Gasteiger partial charge is 0.339 e. The first-order chi connectivity index (χ1) is 15.0. The molecule has 1 aliphatic rings. The summed E-state index contributed by atoms with van der Waals surface area (Å²) in [5.41, 5.74) is 4.62. The second-order valence-corrected chi connectivity index (χ2v) is 8.39. The molecule has 4 nitrogen and oxygen atoms in total. The number of hydrogen-bond donors (Lipinski definition) is 1. The molecule has 1 aliphatic heterocycles. The second kappa shape index (κ2) is 9.36. The van der Waals surface area contributed by atoms with Crippen LogP contribution < -0.4 is 5.32 Å². The summed E-state index contributed by atoms with van der Waals surface area (Å²) in [6.07, 6.45) is 1.32. The van der Waals surface area contributed by atoms with Gasteiger partial charge < -0.3 is 10.2 Å². The van der Waals surface area contributed by atoms with Crippen molar-refractivity contribution in [1.29, 1.82) is 0 Å². The first-order valence-electron chi connectivity index (χ1n) is 10.5. The number of nitrogens with zero attached hydrogens (tertiary/aromatic N) is 1. The van der Waals surface area contributed by atoms with E-state index < -0.39 is 0 Å². The summed E-state index contributed by atoms with van der Waals surface area (Å²) in [5, 5.41) is 3.66. The van der Waals surface area contributed by atoms with Gasteiger partial charge in [-0.1, -0.05) is 54.1 Å². The van der Waals surface area contributed by atoms with Crippen LogP contribution >= 0.6 is 11.6 Å². The summed E-state index contributed by atoms with van der Waals surface area (Å²) in [5.74, 6) is -0.0728. The van der Waals surface area contributed by atoms with E-state index in [2.05, 4.69) is 17.4 Å². The Morgan fingerprint density at radius 3 is 2.19 bits per heavy atom. The zero-order valence-electron chi connectivity index (χ0n) is 17.5. The summed E-state index contributed by atoms with van der Waals surface area (Å²) >= 11 is 5.99. The summed E-state index contributed by atoms with van der Waals surface area (Å²) < 4.78 is 0. The molecule has 158 valence electrons. The van der Waals surface area contributed by atoms with E-state index in [0.717, 1.165) is 22.4 Å². The monoisotopic (exact) mass is 432 g/mol. The molecule has 0 bridgehead atoms. The molecule has 1 saturated heterocycles. The lowest BCUT2D eigenvalue weighted by atomic mass is 9.95. The van der Waals surface area contributed by atoms with Crippen LogP contribution in [0.5, 0.6) is 0 Å². The van der Waals surface area contributed by atoms with Crippen LogP contribution in [0.25, 0.3) is 11.1 Å². The number of benzene rings is 3. The minimum absolute atomic E-state index is 0.00438. The van der Waals surface area contributed by atoms with E-state index in [9.17, 15) is 9.59 Å². The van der Waals surface area contributed by atoms with Gasteiger partial charge in [0.25, 0.3) is 5.91 Å². The van der Waals surface area contributed by atoms with E-state index in [1.807, 2.05) is 66.4 Å². The number of piperidine rings is 1. The number of rotatable bonds is 4. The number of anilines is 1. The maximum absolute atomic E-state index is 12.9. The zero-order chi connectivity index (χ0) is 21.8. The van der Waals surface area contributed by atoms with Crippen molar-refractivity contribution in [2.75, 3.05) is 18.4 Å². The minimum atomic E-state index is -0.0976. The van der Waals surface area contributed by atoms with Gasteiger partial charge in [-0.25, -0.2) is 0 Å². The van der Waals surface area contributed by atoms with Crippen LogP contribution in [0.3, 0.4) is 0 Å². The Morgan fingerprint density at radius 2 is 1.55 bits per heavy atom. The molecule has 0 aromatic heterocycles. The van der Waals surface area contributed by atoms with Crippen molar-refractivity contribution >= 4 is 29.1 Å². The molecule has 0 saturated carbocycles. The fourth-order valence-corrected chi connectivity index (χ4v) is 4.19. The molecule has 0 aliphatic carbocycles. The van der Waals surface area contributed by atoms with Gasteiger partial charge in [-0.15, -0.1) is 0 Å². The third-order valence-corrected chi connectivity index (χ3v) is 6.07. The van der Waals surface area contributed by atoms with Gasteiger partial charge in [0.1, 0.15) is 0 Å². The van der Waals surface area contributed by atoms with E-state index >= 15 is 0 Å². The number of nitrogens with one attached hydrogen (secondary N) is 1. The van der Waals surface area contributed by atoms with Gasteiger partial charge in [0, 0.05) is 35.3 Å². The highest BCUT2D eigenvalue weighted by Crippen LogP contribution is 2.25. The van der Waals surface area contributed by atoms with Gasteiger partial charge in [-0.2, -0.15) is 0 Å². The molecule has 0 radical (unpaired) electrons. The normalized spacial score (nSPS) is 14.3. The molecule has 1 fully saturated rings. The SMILES string of the molecule is Cc1cc(Cl)ccc1NC(=O)C1CCN(C(=O)c2ccc(-c3ccccc3)cc2)CC1. The lowest BCUT2D eigenvalue weighted by Crippen LogP contribution is -2.41. The van der Waals surface area contributed by atoms with Crippen LogP contribution in [-0.2, 0) is 4.79 Å². The Balaban J connectivity index is 1.34. The Kier molecular flexibility index (Phi) is 6.38. The number of hydrogen-bond acceptors (Lipinski definition) is 2. The van der Waals surface area contributed by atoms with Crippen molar-refractivity contribution in [3.63, 3.8) is 0 Å². The molecule has 2 amide bonds. The van der Waals surface area contributed by atoms with Gasteiger partial charge >= 0.3 is 0 Å². The van der Waals surface area contributed by atoms with Crippen LogP contribution in [0, 0.1) is 12.8 Å². The molecule has 4 rings (SSSR count). The summed E-state index contributed by atoms with van der Waals surface area (Å²) in [4.78, 5) is 27.4. The molecule has 5 heteroatoms. The van der Waals surface area contributed by atoms with Gasteiger partial charge in [-0.3, -0.25) is 9.59 Å². The van der Waals surface area contributed by atoms with Crippen LogP contribution in [0.1, 0.15) is 28.8 Å².